The fraction of sp³-hybridized carbons (Fsp3) is 0.118. The molecule has 1 heterocycles. The maximum absolute atomic E-state index is 12.7. The molecule has 0 radical (unpaired) electrons. The molecule has 0 atom stereocenters. The van der Waals surface area contributed by atoms with Gasteiger partial charge >= 0.3 is 0 Å². The van der Waals surface area contributed by atoms with Gasteiger partial charge in [0.15, 0.2) is 0 Å². The lowest BCUT2D eigenvalue weighted by Gasteiger charge is -2.16. The van der Waals surface area contributed by atoms with Crippen LogP contribution in [-0.4, -0.2) is 17.9 Å². The Morgan fingerprint density at radius 3 is 2.57 bits per heavy atom. The summed E-state index contributed by atoms with van der Waals surface area (Å²) in [7, 11) is 1.77. The van der Waals surface area contributed by atoms with E-state index in [4.69, 9.17) is 11.6 Å². The minimum Gasteiger partial charge on any atom is -0.350 e. The zero-order chi connectivity index (χ0) is 15.0. The van der Waals surface area contributed by atoms with E-state index in [0.29, 0.717) is 10.7 Å². The van der Waals surface area contributed by atoms with E-state index in [0.717, 1.165) is 22.2 Å². The summed E-state index contributed by atoms with van der Waals surface area (Å²) in [6.45, 7) is 1.93. The number of benzene rings is 2. The molecule has 21 heavy (non-hydrogen) atoms. The van der Waals surface area contributed by atoms with Crippen molar-refractivity contribution in [1.29, 1.82) is 0 Å². The van der Waals surface area contributed by atoms with Crippen molar-refractivity contribution in [1.82, 2.24) is 4.98 Å². The summed E-state index contributed by atoms with van der Waals surface area (Å²) in [5, 5.41) is 1.65. The van der Waals surface area contributed by atoms with Crippen molar-refractivity contribution < 1.29 is 4.79 Å². The van der Waals surface area contributed by atoms with Crippen LogP contribution in [0.15, 0.2) is 48.5 Å². The van der Waals surface area contributed by atoms with Gasteiger partial charge in [-0.3, -0.25) is 4.79 Å². The molecule has 0 saturated heterocycles. The molecular weight excluding hydrogens is 284 g/mol. The number of nitrogens with one attached hydrogen (secondary N) is 1. The van der Waals surface area contributed by atoms with Crippen LogP contribution in [0.3, 0.4) is 0 Å². The first-order valence-electron chi connectivity index (χ1n) is 6.69. The highest BCUT2D eigenvalue weighted by molar-refractivity contribution is 6.31. The van der Waals surface area contributed by atoms with Crippen LogP contribution in [0.25, 0.3) is 10.9 Å². The minimum atomic E-state index is -0.0639. The number of aryl methyl sites for hydroxylation is 1. The number of fused-ring (bicyclic) bond motifs is 1. The number of para-hydroxylation sites is 1. The number of carbonyl (C=O) groups is 1. The quantitative estimate of drug-likeness (QED) is 0.747. The van der Waals surface area contributed by atoms with Crippen molar-refractivity contribution in [2.45, 2.75) is 6.92 Å². The number of aromatic amines is 1. The number of rotatable bonds is 2. The third kappa shape index (κ3) is 2.41. The molecule has 4 heteroatoms. The molecule has 0 spiro atoms. The third-order valence-electron chi connectivity index (χ3n) is 3.68. The number of anilines is 1. The van der Waals surface area contributed by atoms with E-state index in [2.05, 4.69) is 4.98 Å². The molecule has 0 aliphatic rings. The first kappa shape index (κ1) is 13.7. The van der Waals surface area contributed by atoms with Crippen LogP contribution in [-0.2, 0) is 0 Å². The van der Waals surface area contributed by atoms with Gasteiger partial charge in [0.25, 0.3) is 5.91 Å². The van der Waals surface area contributed by atoms with Gasteiger partial charge in [-0.2, -0.15) is 0 Å². The van der Waals surface area contributed by atoms with Gasteiger partial charge in [0.05, 0.1) is 0 Å². The Bertz CT molecular complexity index is 808. The molecule has 3 rings (SSSR count). The predicted molar refractivity (Wildman–Crippen MR) is 87.2 cm³/mol. The van der Waals surface area contributed by atoms with Crippen molar-refractivity contribution in [2.24, 2.45) is 0 Å². The Hall–Kier alpha value is -2.26. The van der Waals surface area contributed by atoms with Gasteiger partial charge in [-0.25, -0.2) is 0 Å². The molecule has 0 bridgehead atoms. The van der Waals surface area contributed by atoms with Crippen LogP contribution in [0, 0.1) is 6.92 Å². The number of H-pyrrole nitrogens is 1. The molecule has 3 aromatic rings. The average Bonchev–Trinajstić information content (AvgIpc) is 2.83. The number of hydrogen-bond acceptors (Lipinski definition) is 1. The number of halogens is 1. The predicted octanol–water partition coefficient (Wildman–Crippen LogP) is 4.41. The summed E-state index contributed by atoms with van der Waals surface area (Å²) in [4.78, 5) is 17.5. The lowest BCUT2D eigenvalue weighted by molar-refractivity contribution is 0.0988. The summed E-state index contributed by atoms with van der Waals surface area (Å²) < 4.78 is 0. The standard InChI is InChI=1S/C17H15ClN2O/c1-11-14-10-12(18)8-9-15(14)19-16(11)17(21)20(2)13-6-4-3-5-7-13/h3-10,19H,1-2H3. The second-order valence-electron chi connectivity index (χ2n) is 5.01. The summed E-state index contributed by atoms with van der Waals surface area (Å²) in [6, 6.07) is 15.2. The zero-order valence-electron chi connectivity index (χ0n) is 11.9. The summed E-state index contributed by atoms with van der Waals surface area (Å²) >= 11 is 6.03. The molecule has 0 aliphatic carbocycles. The lowest BCUT2D eigenvalue weighted by Crippen LogP contribution is -2.27. The van der Waals surface area contributed by atoms with Gasteiger partial charge in [-0.1, -0.05) is 29.8 Å². The summed E-state index contributed by atoms with van der Waals surface area (Å²) in [5.41, 5.74) is 3.29. The molecule has 2 aromatic carbocycles. The number of nitrogens with zero attached hydrogens (tertiary/aromatic N) is 1. The molecule has 1 N–H and O–H groups in total. The van der Waals surface area contributed by atoms with E-state index in [1.807, 2.05) is 55.5 Å². The van der Waals surface area contributed by atoms with Crippen molar-refractivity contribution in [3.05, 3.63) is 64.8 Å². The first-order valence-corrected chi connectivity index (χ1v) is 7.06. The molecule has 0 fully saturated rings. The van der Waals surface area contributed by atoms with Crippen LogP contribution in [0.1, 0.15) is 16.1 Å². The highest BCUT2D eigenvalue weighted by Gasteiger charge is 2.19. The Labute approximate surface area is 128 Å². The number of carbonyl (C=O) groups excluding carboxylic acids is 1. The van der Waals surface area contributed by atoms with E-state index in [-0.39, 0.29) is 5.91 Å². The second kappa shape index (κ2) is 5.26. The van der Waals surface area contributed by atoms with Crippen molar-refractivity contribution in [2.75, 3.05) is 11.9 Å². The maximum atomic E-state index is 12.7. The zero-order valence-corrected chi connectivity index (χ0v) is 12.6. The Morgan fingerprint density at radius 1 is 1.14 bits per heavy atom. The van der Waals surface area contributed by atoms with Crippen LogP contribution in [0.5, 0.6) is 0 Å². The van der Waals surface area contributed by atoms with Crippen LogP contribution >= 0.6 is 11.6 Å². The molecule has 0 unspecified atom stereocenters. The van der Waals surface area contributed by atoms with E-state index in [9.17, 15) is 4.79 Å². The van der Waals surface area contributed by atoms with Crippen molar-refractivity contribution in [3.8, 4) is 0 Å². The van der Waals surface area contributed by atoms with Crippen LogP contribution in [0.4, 0.5) is 5.69 Å². The molecule has 0 saturated carbocycles. The fourth-order valence-corrected chi connectivity index (χ4v) is 2.62. The highest BCUT2D eigenvalue weighted by Crippen LogP contribution is 2.26. The minimum absolute atomic E-state index is 0.0639. The summed E-state index contributed by atoms with van der Waals surface area (Å²) in [5.74, 6) is -0.0639. The van der Waals surface area contributed by atoms with E-state index in [1.54, 1.807) is 11.9 Å². The molecule has 106 valence electrons. The normalized spacial score (nSPS) is 10.8. The largest absolute Gasteiger partial charge is 0.350 e. The number of amides is 1. The highest BCUT2D eigenvalue weighted by atomic mass is 35.5. The van der Waals surface area contributed by atoms with Gasteiger partial charge in [-0.15, -0.1) is 0 Å². The van der Waals surface area contributed by atoms with Crippen molar-refractivity contribution in [3.63, 3.8) is 0 Å². The smallest absolute Gasteiger partial charge is 0.274 e. The van der Waals surface area contributed by atoms with Gasteiger partial charge in [0.1, 0.15) is 5.69 Å². The molecule has 3 nitrogen and oxygen atoms in total. The van der Waals surface area contributed by atoms with Crippen molar-refractivity contribution >= 4 is 34.1 Å². The molecular formula is C17H15ClN2O. The topological polar surface area (TPSA) is 36.1 Å². The molecule has 1 aromatic heterocycles. The Morgan fingerprint density at radius 2 is 1.86 bits per heavy atom. The number of hydrogen-bond donors (Lipinski definition) is 1. The maximum Gasteiger partial charge on any atom is 0.274 e. The first-order chi connectivity index (χ1) is 10.1. The third-order valence-corrected chi connectivity index (χ3v) is 3.92. The number of aromatic nitrogens is 1. The Balaban J connectivity index is 2.04. The van der Waals surface area contributed by atoms with Gasteiger partial charge in [-0.05, 0) is 42.8 Å². The molecule has 0 aliphatic heterocycles. The average molecular weight is 299 g/mol. The second-order valence-corrected chi connectivity index (χ2v) is 5.45. The fourth-order valence-electron chi connectivity index (χ4n) is 2.45. The monoisotopic (exact) mass is 298 g/mol. The van der Waals surface area contributed by atoms with Gasteiger partial charge in [0, 0.05) is 28.7 Å². The van der Waals surface area contributed by atoms with Gasteiger partial charge < -0.3 is 9.88 Å². The Kier molecular flexibility index (Phi) is 3.43. The molecule has 1 amide bonds. The van der Waals surface area contributed by atoms with Gasteiger partial charge in [0.2, 0.25) is 0 Å². The lowest BCUT2D eigenvalue weighted by atomic mass is 10.1. The van der Waals surface area contributed by atoms with Crippen LogP contribution < -0.4 is 4.90 Å². The van der Waals surface area contributed by atoms with E-state index < -0.39 is 0 Å². The van der Waals surface area contributed by atoms with E-state index >= 15 is 0 Å². The SMILES string of the molecule is Cc1c(C(=O)N(C)c2ccccc2)[nH]c2ccc(Cl)cc12. The van der Waals surface area contributed by atoms with E-state index in [1.165, 1.54) is 0 Å². The summed E-state index contributed by atoms with van der Waals surface area (Å²) in [6.07, 6.45) is 0. The van der Waals surface area contributed by atoms with Crippen LogP contribution in [0.2, 0.25) is 5.02 Å².